The second kappa shape index (κ2) is 6.45. The number of imidazole rings is 1. The third kappa shape index (κ3) is 2.92. The van der Waals surface area contributed by atoms with Crippen molar-refractivity contribution in [1.29, 1.82) is 0 Å². The van der Waals surface area contributed by atoms with Gasteiger partial charge in [0.1, 0.15) is 6.04 Å². The fourth-order valence-electron chi connectivity index (χ4n) is 2.84. The molecule has 0 radical (unpaired) electrons. The smallest absolute Gasteiger partial charge is 0.324 e. The number of rotatable bonds is 3. The summed E-state index contributed by atoms with van der Waals surface area (Å²) >= 11 is 6.02. The first-order valence-electron chi connectivity index (χ1n) is 7.91. The molecule has 0 saturated heterocycles. The highest BCUT2D eigenvalue weighted by Gasteiger charge is 2.22. The monoisotopic (exact) mass is 375 g/mol. The SMILES string of the molecule is Cc1cc(Cl)cc(NC(=O)C(C)n2cnc3c2c(=O)n(C)c(=O)n3C)c1. The van der Waals surface area contributed by atoms with Crippen molar-refractivity contribution in [2.45, 2.75) is 19.9 Å². The first-order chi connectivity index (χ1) is 12.2. The first-order valence-corrected chi connectivity index (χ1v) is 8.29. The van der Waals surface area contributed by atoms with Crippen LogP contribution in [0.3, 0.4) is 0 Å². The molecule has 0 saturated carbocycles. The Bertz CT molecular complexity index is 1120. The van der Waals surface area contributed by atoms with Crippen LogP contribution in [0.4, 0.5) is 5.69 Å². The number of benzene rings is 1. The van der Waals surface area contributed by atoms with Gasteiger partial charge < -0.3 is 9.88 Å². The number of nitrogens with one attached hydrogen (secondary N) is 1. The number of aryl methyl sites for hydroxylation is 2. The Kier molecular flexibility index (Phi) is 4.45. The molecule has 0 aliphatic carbocycles. The highest BCUT2D eigenvalue weighted by atomic mass is 35.5. The number of halogens is 1. The standard InChI is InChI=1S/C17H18ClN5O3/c1-9-5-11(18)7-12(6-9)20-15(24)10(2)23-8-19-14-13(23)16(25)22(4)17(26)21(14)3/h5-8,10H,1-4H3,(H,20,24). The van der Waals surface area contributed by atoms with E-state index in [9.17, 15) is 14.4 Å². The van der Waals surface area contributed by atoms with Crippen molar-refractivity contribution in [3.05, 3.63) is 56.0 Å². The average Bonchev–Trinajstić information content (AvgIpc) is 3.01. The highest BCUT2D eigenvalue weighted by molar-refractivity contribution is 6.31. The van der Waals surface area contributed by atoms with Crippen LogP contribution in [0.5, 0.6) is 0 Å². The lowest BCUT2D eigenvalue weighted by atomic mass is 10.2. The van der Waals surface area contributed by atoms with Gasteiger partial charge in [0.05, 0.1) is 6.33 Å². The van der Waals surface area contributed by atoms with Gasteiger partial charge in [-0.15, -0.1) is 0 Å². The van der Waals surface area contributed by atoms with Gasteiger partial charge in [-0.3, -0.25) is 18.7 Å². The third-order valence-electron chi connectivity index (χ3n) is 4.28. The molecule has 136 valence electrons. The molecule has 3 rings (SSSR count). The summed E-state index contributed by atoms with van der Waals surface area (Å²) in [6.07, 6.45) is 1.39. The summed E-state index contributed by atoms with van der Waals surface area (Å²) in [6, 6.07) is 4.51. The molecule has 8 nitrogen and oxygen atoms in total. The van der Waals surface area contributed by atoms with E-state index < -0.39 is 17.3 Å². The molecule has 1 atom stereocenters. The van der Waals surface area contributed by atoms with E-state index in [4.69, 9.17) is 11.6 Å². The Morgan fingerprint density at radius 2 is 1.88 bits per heavy atom. The predicted molar refractivity (Wildman–Crippen MR) is 99.7 cm³/mol. The van der Waals surface area contributed by atoms with Crippen LogP contribution in [-0.4, -0.2) is 24.6 Å². The third-order valence-corrected chi connectivity index (χ3v) is 4.50. The van der Waals surface area contributed by atoms with E-state index in [1.807, 2.05) is 6.92 Å². The van der Waals surface area contributed by atoms with E-state index in [0.717, 1.165) is 10.1 Å². The van der Waals surface area contributed by atoms with Gasteiger partial charge in [0, 0.05) is 24.8 Å². The van der Waals surface area contributed by atoms with Gasteiger partial charge in [0.2, 0.25) is 5.91 Å². The molecule has 0 spiro atoms. The van der Waals surface area contributed by atoms with Crippen molar-refractivity contribution >= 4 is 34.4 Å². The number of hydrogen-bond donors (Lipinski definition) is 1. The summed E-state index contributed by atoms with van der Waals surface area (Å²) in [7, 11) is 2.92. The summed E-state index contributed by atoms with van der Waals surface area (Å²) in [6.45, 7) is 3.52. The average molecular weight is 376 g/mol. The van der Waals surface area contributed by atoms with Crippen molar-refractivity contribution in [2.24, 2.45) is 14.1 Å². The number of fused-ring (bicyclic) bond motifs is 1. The molecule has 2 aromatic heterocycles. The number of aromatic nitrogens is 4. The second-order valence-electron chi connectivity index (χ2n) is 6.21. The van der Waals surface area contributed by atoms with Crippen molar-refractivity contribution in [3.8, 4) is 0 Å². The van der Waals surface area contributed by atoms with Gasteiger partial charge in [-0.05, 0) is 37.6 Å². The largest absolute Gasteiger partial charge is 0.332 e. The molecule has 0 fully saturated rings. The van der Waals surface area contributed by atoms with Crippen LogP contribution < -0.4 is 16.6 Å². The maximum atomic E-state index is 12.6. The van der Waals surface area contributed by atoms with Crippen LogP contribution in [-0.2, 0) is 18.9 Å². The lowest BCUT2D eigenvalue weighted by Gasteiger charge is -2.15. The molecule has 0 aliphatic rings. The zero-order chi connectivity index (χ0) is 19.2. The van der Waals surface area contributed by atoms with Gasteiger partial charge >= 0.3 is 5.69 Å². The number of amides is 1. The van der Waals surface area contributed by atoms with Gasteiger partial charge in [-0.2, -0.15) is 0 Å². The quantitative estimate of drug-likeness (QED) is 0.752. The molecular formula is C17H18ClN5O3. The highest BCUT2D eigenvalue weighted by Crippen LogP contribution is 2.20. The molecular weight excluding hydrogens is 358 g/mol. The lowest BCUT2D eigenvalue weighted by Crippen LogP contribution is -2.38. The summed E-state index contributed by atoms with van der Waals surface area (Å²) in [5, 5.41) is 3.31. The lowest BCUT2D eigenvalue weighted by molar-refractivity contribution is -0.118. The Hall–Kier alpha value is -2.87. The fraction of sp³-hybridized carbons (Fsp3) is 0.294. The van der Waals surface area contributed by atoms with E-state index in [2.05, 4.69) is 10.3 Å². The maximum absolute atomic E-state index is 12.6. The first kappa shape index (κ1) is 17.9. The Morgan fingerprint density at radius 1 is 1.19 bits per heavy atom. The summed E-state index contributed by atoms with van der Waals surface area (Å²) in [4.78, 5) is 41.3. The normalized spacial score (nSPS) is 12.3. The zero-order valence-electron chi connectivity index (χ0n) is 14.8. The molecule has 1 aromatic carbocycles. The molecule has 26 heavy (non-hydrogen) atoms. The summed E-state index contributed by atoms with van der Waals surface area (Å²) < 4.78 is 3.73. The minimum atomic E-state index is -0.718. The van der Waals surface area contributed by atoms with E-state index in [1.165, 1.54) is 29.6 Å². The van der Waals surface area contributed by atoms with Crippen LogP contribution in [0.25, 0.3) is 11.2 Å². The van der Waals surface area contributed by atoms with Crippen molar-refractivity contribution < 1.29 is 4.79 Å². The van der Waals surface area contributed by atoms with Gasteiger partial charge in [-0.25, -0.2) is 9.78 Å². The maximum Gasteiger partial charge on any atom is 0.332 e. The zero-order valence-corrected chi connectivity index (χ0v) is 15.5. The Morgan fingerprint density at radius 3 is 2.54 bits per heavy atom. The molecule has 1 unspecified atom stereocenters. The van der Waals surface area contributed by atoms with Crippen LogP contribution in [0.1, 0.15) is 18.5 Å². The van der Waals surface area contributed by atoms with E-state index >= 15 is 0 Å². The molecule has 0 bridgehead atoms. The van der Waals surface area contributed by atoms with Crippen LogP contribution in [0.15, 0.2) is 34.1 Å². The van der Waals surface area contributed by atoms with Crippen molar-refractivity contribution in [2.75, 3.05) is 5.32 Å². The van der Waals surface area contributed by atoms with Crippen molar-refractivity contribution in [1.82, 2.24) is 18.7 Å². The van der Waals surface area contributed by atoms with Crippen LogP contribution in [0.2, 0.25) is 5.02 Å². The number of carbonyl (C=O) groups excluding carboxylic acids is 1. The minimum Gasteiger partial charge on any atom is -0.324 e. The Balaban J connectivity index is 2.02. The number of carbonyl (C=O) groups is 1. The van der Waals surface area contributed by atoms with Gasteiger partial charge in [0.25, 0.3) is 5.56 Å². The van der Waals surface area contributed by atoms with E-state index in [0.29, 0.717) is 10.7 Å². The van der Waals surface area contributed by atoms with Gasteiger partial charge in [-0.1, -0.05) is 11.6 Å². The molecule has 2 heterocycles. The fourth-order valence-corrected chi connectivity index (χ4v) is 3.13. The second-order valence-corrected chi connectivity index (χ2v) is 6.65. The molecule has 0 aliphatic heterocycles. The van der Waals surface area contributed by atoms with Gasteiger partial charge in [0.15, 0.2) is 11.2 Å². The van der Waals surface area contributed by atoms with Crippen molar-refractivity contribution in [3.63, 3.8) is 0 Å². The van der Waals surface area contributed by atoms with Crippen LogP contribution in [0, 0.1) is 6.92 Å². The summed E-state index contributed by atoms with van der Waals surface area (Å²) in [5.74, 6) is -0.332. The van der Waals surface area contributed by atoms with E-state index in [-0.39, 0.29) is 17.1 Å². The molecule has 9 heteroatoms. The molecule has 3 aromatic rings. The minimum absolute atomic E-state index is 0.194. The predicted octanol–water partition coefficient (Wildman–Crippen LogP) is 1.60. The Labute approximate surface area is 153 Å². The van der Waals surface area contributed by atoms with E-state index in [1.54, 1.807) is 25.1 Å². The summed E-state index contributed by atoms with van der Waals surface area (Å²) in [5.41, 5.74) is 0.933. The number of anilines is 1. The number of hydrogen-bond acceptors (Lipinski definition) is 4. The molecule has 1 amide bonds. The topological polar surface area (TPSA) is 90.9 Å². The van der Waals surface area contributed by atoms with Crippen LogP contribution >= 0.6 is 11.6 Å². The number of nitrogens with zero attached hydrogens (tertiary/aromatic N) is 4. The molecule has 1 N–H and O–H groups in total.